The largest absolute Gasteiger partial charge is 0.0854 e. The Morgan fingerprint density at radius 1 is 0.529 bits per heavy atom. The van der Waals surface area contributed by atoms with E-state index in [-0.39, 0.29) is 0 Å². The van der Waals surface area contributed by atoms with Crippen LogP contribution in [0, 0.1) is 0 Å². The first kappa shape index (κ1) is 13.9. The van der Waals surface area contributed by atoms with Gasteiger partial charge in [-0.1, -0.05) is 100 Å². The number of benzene rings is 2. The minimum Gasteiger partial charge on any atom is -0.0854 e. The van der Waals surface area contributed by atoms with E-state index >= 15 is 0 Å². The summed E-state index contributed by atoms with van der Waals surface area (Å²) in [5.41, 5.74) is 0. The Kier molecular flexibility index (Phi) is 9.32. The Bertz CT molecular complexity index is 280. The Balaban J connectivity index is 0.000000128. The molecule has 0 N–H and O–H groups in total. The highest BCUT2D eigenvalue weighted by Gasteiger charge is 1.85. The Morgan fingerprint density at radius 3 is 1.00 bits per heavy atom. The first-order valence-corrected chi connectivity index (χ1v) is 7.81. The summed E-state index contributed by atoms with van der Waals surface area (Å²) in [6.45, 7) is 0. The van der Waals surface area contributed by atoms with E-state index in [1.165, 1.54) is 5.75 Å². The highest BCUT2D eigenvalue weighted by Crippen LogP contribution is 2.27. The highest BCUT2D eigenvalue weighted by atomic mass is 33.1. The van der Waals surface area contributed by atoms with Gasteiger partial charge in [-0.25, -0.2) is 0 Å². The maximum atomic E-state index is 2.16. The minimum absolute atomic E-state index is 1.20. The predicted octanol–water partition coefficient (Wildman–Crippen LogP) is 5.27. The van der Waals surface area contributed by atoms with Crippen molar-refractivity contribution in [3.63, 3.8) is 0 Å². The van der Waals surface area contributed by atoms with Crippen molar-refractivity contribution in [3.05, 3.63) is 84.3 Å². The second kappa shape index (κ2) is 11.4. The minimum atomic E-state index is 1.20. The van der Waals surface area contributed by atoms with Gasteiger partial charge in [0.25, 0.3) is 0 Å². The molecule has 0 bridgehead atoms. The van der Waals surface area contributed by atoms with Crippen LogP contribution >= 0.6 is 21.6 Å². The fourth-order valence-corrected chi connectivity index (χ4v) is 2.54. The topological polar surface area (TPSA) is 0 Å². The third-order valence-corrected chi connectivity index (χ3v) is 3.64. The molecule has 0 nitrogen and oxygen atoms in total. The molecular weight excluding hydrogens is 244 g/mol. The molecule has 2 aromatic carbocycles. The fourth-order valence-electron chi connectivity index (χ4n) is 0.966. The molecule has 0 spiro atoms. The van der Waals surface area contributed by atoms with Crippen molar-refractivity contribution in [1.82, 2.24) is 0 Å². The number of rotatable bonds is 0. The summed E-state index contributed by atoms with van der Waals surface area (Å²) in [7, 11) is 3.69. The molecule has 1 aliphatic rings. The number of hydrogen-bond donors (Lipinski definition) is 0. The smallest absolute Gasteiger partial charge is 0.0229 e. The molecule has 88 valence electrons. The van der Waals surface area contributed by atoms with E-state index in [4.69, 9.17) is 0 Å². The van der Waals surface area contributed by atoms with Gasteiger partial charge in [0, 0.05) is 5.75 Å². The summed E-state index contributed by atoms with van der Waals surface area (Å²) < 4.78 is 0. The maximum Gasteiger partial charge on any atom is 0.0229 e. The molecule has 3 rings (SSSR count). The summed E-state index contributed by atoms with van der Waals surface area (Å²) in [6.07, 6.45) is 2.16. The van der Waals surface area contributed by atoms with Crippen molar-refractivity contribution in [1.29, 1.82) is 0 Å². The van der Waals surface area contributed by atoms with Gasteiger partial charge >= 0.3 is 0 Å². The van der Waals surface area contributed by atoms with Crippen molar-refractivity contribution in [2.45, 2.75) is 0 Å². The molecule has 0 aromatic heterocycles. The van der Waals surface area contributed by atoms with E-state index in [9.17, 15) is 0 Å². The number of hydrogen-bond acceptors (Lipinski definition) is 2. The van der Waals surface area contributed by atoms with Crippen LogP contribution in [0.5, 0.6) is 0 Å². The van der Waals surface area contributed by atoms with E-state index in [1.54, 1.807) is 0 Å². The molecule has 0 amide bonds. The van der Waals surface area contributed by atoms with Gasteiger partial charge in [-0.05, 0) is 5.41 Å². The zero-order chi connectivity index (χ0) is 12.0. The molecule has 0 aliphatic carbocycles. The molecule has 0 saturated carbocycles. The van der Waals surface area contributed by atoms with Crippen LogP contribution in [-0.4, -0.2) is 5.75 Å². The third-order valence-electron chi connectivity index (χ3n) is 1.72. The molecule has 2 heteroatoms. The predicted molar refractivity (Wildman–Crippen MR) is 82.1 cm³/mol. The van der Waals surface area contributed by atoms with Crippen molar-refractivity contribution in [3.8, 4) is 0 Å². The van der Waals surface area contributed by atoms with Crippen molar-refractivity contribution >= 4 is 21.6 Å². The molecule has 0 atom stereocenters. The van der Waals surface area contributed by atoms with E-state index in [0.29, 0.717) is 0 Å². The van der Waals surface area contributed by atoms with Crippen LogP contribution in [0.1, 0.15) is 0 Å². The molecule has 17 heavy (non-hydrogen) atoms. The van der Waals surface area contributed by atoms with Crippen LogP contribution in [0.3, 0.4) is 0 Å². The second-order valence-electron chi connectivity index (χ2n) is 3.06. The standard InChI is InChI=1S/2C6H6.C3H4S2/c2*1-2-4-6-5-3-1;1-2-4-5-3-1/h2*1-6H;1-2H,3H2. The van der Waals surface area contributed by atoms with E-state index in [1.807, 2.05) is 94.4 Å². The lowest BCUT2D eigenvalue weighted by atomic mass is 10.4. The summed E-state index contributed by atoms with van der Waals surface area (Å²) in [5.74, 6) is 1.20. The lowest BCUT2D eigenvalue weighted by Gasteiger charge is -1.69. The lowest BCUT2D eigenvalue weighted by Crippen LogP contribution is -1.47. The van der Waals surface area contributed by atoms with Gasteiger partial charge in [0.1, 0.15) is 0 Å². The van der Waals surface area contributed by atoms with Gasteiger partial charge < -0.3 is 0 Å². The summed E-state index contributed by atoms with van der Waals surface area (Å²) in [4.78, 5) is 0. The zero-order valence-corrected chi connectivity index (χ0v) is 11.2. The van der Waals surface area contributed by atoms with Crippen molar-refractivity contribution in [2.75, 3.05) is 5.75 Å². The maximum absolute atomic E-state index is 2.16. The molecule has 0 saturated heterocycles. The van der Waals surface area contributed by atoms with Crippen LogP contribution in [0.15, 0.2) is 84.3 Å². The molecule has 0 radical (unpaired) electrons. The van der Waals surface area contributed by atoms with Crippen LogP contribution in [-0.2, 0) is 0 Å². The van der Waals surface area contributed by atoms with E-state index < -0.39 is 0 Å². The van der Waals surface area contributed by atoms with Gasteiger partial charge in [0.15, 0.2) is 0 Å². The zero-order valence-electron chi connectivity index (χ0n) is 9.61. The van der Waals surface area contributed by atoms with Gasteiger partial charge in [0.05, 0.1) is 0 Å². The van der Waals surface area contributed by atoms with Crippen LogP contribution in [0.4, 0.5) is 0 Å². The summed E-state index contributed by atoms with van der Waals surface area (Å²) >= 11 is 0. The fraction of sp³-hybridized carbons (Fsp3) is 0.0667. The third kappa shape index (κ3) is 9.79. The quantitative estimate of drug-likeness (QED) is 0.592. The van der Waals surface area contributed by atoms with Crippen LogP contribution < -0.4 is 0 Å². The van der Waals surface area contributed by atoms with Gasteiger partial charge in [-0.3, -0.25) is 0 Å². The lowest BCUT2D eigenvalue weighted by molar-refractivity contribution is 1.72. The first-order chi connectivity index (χ1) is 8.50. The second-order valence-corrected chi connectivity index (χ2v) is 5.38. The molecule has 0 unspecified atom stereocenters. The normalized spacial score (nSPS) is 11.8. The first-order valence-electron chi connectivity index (χ1n) is 5.43. The van der Waals surface area contributed by atoms with Gasteiger partial charge in [-0.2, -0.15) is 0 Å². The SMILES string of the molecule is C1=CSSC1.c1ccccc1.c1ccccc1. The molecule has 1 heterocycles. The van der Waals surface area contributed by atoms with Gasteiger partial charge in [-0.15, -0.1) is 0 Å². The Hall–Kier alpha value is -1.12. The van der Waals surface area contributed by atoms with Gasteiger partial charge in [0.2, 0.25) is 0 Å². The van der Waals surface area contributed by atoms with E-state index in [0.717, 1.165) is 0 Å². The average Bonchev–Trinajstić information content (AvgIpc) is 3.03. The molecule has 1 aliphatic heterocycles. The molecular formula is C15H16S2. The van der Waals surface area contributed by atoms with Crippen LogP contribution in [0.2, 0.25) is 0 Å². The summed E-state index contributed by atoms with van der Waals surface area (Å²) in [5, 5.41) is 2.12. The highest BCUT2D eigenvalue weighted by molar-refractivity contribution is 8.78. The molecule has 0 fully saturated rings. The summed E-state index contributed by atoms with van der Waals surface area (Å²) in [6, 6.07) is 24.0. The monoisotopic (exact) mass is 260 g/mol. The molecule has 2 aromatic rings. The van der Waals surface area contributed by atoms with Crippen LogP contribution in [0.25, 0.3) is 0 Å². The van der Waals surface area contributed by atoms with Crippen molar-refractivity contribution < 1.29 is 0 Å². The Morgan fingerprint density at radius 2 is 0.882 bits per heavy atom. The van der Waals surface area contributed by atoms with E-state index in [2.05, 4.69) is 11.5 Å². The average molecular weight is 260 g/mol. The Labute approximate surface area is 112 Å². The van der Waals surface area contributed by atoms with Crippen molar-refractivity contribution in [2.24, 2.45) is 0 Å².